The number of rotatable bonds is 5. The Morgan fingerprint density at radius 3 is 2.55 bits per heavy atom. The van der Waals surface area contributed by atoms with Crippen molar-refractivity contribution in [3.05, 3.63) is 53.6 Å². The number of hydrogen-bond donors (Lipinski definition) is 0. The van der Waals surface area contributed by atoms with Gasteiger partial charge in [-0.15, -0.1) is 0 Å². The third-order valence-electron chi connectivity index (χ3n) is 6.79. The number of piperidine rings is 1. The van der Waals surface area contributed by atoms with Crippen molar-refractivity contribution >= 4 is 5.71 Å². The molecule has 0 N–H and O–H groups in total. The number of nitrogens with zero attached hydrogens (tertiary/aromatic N) is 3. The van der Waals surface area contributed by atoms with Crippen molar-refractivity contribution in [3.8, 4) is 17.2 Å². The zero-order chi connectivity index (χ0) is 21.4. The van der Waals surface area contributed by atoms with Crippen molar-refractivity contribution < 1.29 is 14.2 Å². The van der Waals surface area contributed by atoms with Crippen LogP contribution in [0.4, 0.5) is 0 Å². The largest absolute Gasteiger partial charge is 0.494 e. The first kappa shape index (κ1) is 20.2. The first-order valence-electron chi connectivity index (χ1n) is 11.4. The van der Waals surface area contributed by atoms with E-state index in [1.165, 1.54) is 0 Å². The summed E-state index contributed by atoms with van der Waals surface area (Å²) in [4.78, 5) is 2.48. The number of fused-ring (bicyclic) bond motifs is 4. The van der Waals surface area contributed by atoms with E-state index < -0.39 is 5.72 Å². The average molecular weight is 422 g/mol. The van der Waals surface area contributed by atoms with Crippen molar-refractivity contribution in [2.24, 2.45) is 5.10 Å². The summed E-state index contributed by atoms with van der Waals surface area (Å²) in [7, 11) is 1.72. The maximum atomic E-state index is 6.77. The zero-order valence-corrected chi connectivity index (χ0v) is 18.6. The molecule has 3 aliphatic rings. The molecule has 6 heteroatoms. The van der Waals surface area contributed by atoms with Gasteiger partial charge in [0.2, 0.25) is 5.72 Å². The summed E-state index contributed by atoms with van der Waals surface area (Å²) in [6, 6.07) is 14.6. The number of methoxy groups -OCH3 is 1. The second-order valence-corrected chi connectivity index (χ2v) is 8.43. The lowest BCUT2D eigenvalue weighted by atomic mass is 9.90. The van der Waals surface area contributed by atoms with Gasteiger partial charge < -0.3 is 19.1 Å². The van der Waals surface area contributed by atoms with Gasteiger partial charge in [0.15, 0.2) is 11.5 Å². The fourth-order valence-electron chi connectivity index (χ4n) is 5.06. The van der Waals surface area contributed by atoms with E-state index in [4.69, 9.17) is 19.3 Å². The van der Waals surface area contributed by atoms with Crippen LogP contribution in [-0.4, -0.2) is 54.7 Å². The molecule has 2 aromatic rings. The Kier molecular flexibility index (Phi) is 5.26. The Bertz CT molecular complexity index is 964. The van der Waals surface area contributed by atoms with Crippen LogP contribution in [0.25, 0.3) is 0 Å². The van der Waals surface area contributed by atoms with E-state index in [0.29, 0.717) is 6.61 Å². The molecule has 1 atom stereocenters. The molecule has 0 aromatic heterocycles. The SMILES string of the molecule is CCOc1ccc(C2=NN3[C@H](C2)c2cccc(OC)c2OC32CCN(CC)CC2)cc1. The molecule has 0 aliphatic carbocycles. The minimum Gasteiger partial charge on any atom is -0.494 e. The second kappa shape index (κ2) is 8.08. The number of para-hydroxylation sites is 1. The summed E-state index contributed by atoms with van der Waals surface area (Å²) in [5.74, 6) is 2.59. The summed E-state index contributed by atoms with van der Waals surface area (Å²) >= 11 is 0. The normalized spacial score (nSPS) is 21.8. The van der Waals surface area contributed by atoms with Crippen LogP contribution in [-0.2, 0) is 0 Å². The van der Waals surface area contributed by atoms with Crippen molar-refractivity contribution in [1.29, 1.82) is 0 Å². The molecule has 1 spiro atoms. The summed E-state index contributed by atoms with van der Waals surface area (Å²) in [6.07, 6.45) is 2.71. The number of hydrazone groups is 1. The van der Waals surface area contributed by atoms with E-state index in [-0.39, 0.29) is 6.04 Å². The molecule has 5 rings (SSSR count). The van der Waals surface area contributed by atoms with Crippen LogP contribution in [0.15, 0.2) is 47.6 Å². The van der Waals surface area contributed by atoms with Crippen LogP contribution in [0.1, 0.15) is 50.3 Å². The number of benzene rings is 2. The highest BCUT2D eigenvalue weighted by Crippen LogP contribution is 2.52. The fourth-order valence-corrected chi connectivity index (χ4v) is 5.06. The Morgan fingerprint density at radius 1 is 1.10 bits per heavy atom. The van der Waals surface area contributed by atoms with Crippen molar-refractivity contribution in [3.63, 3.8) is 0 Å². The van der Waals surface area contributed by atoms with Gasteiger partial charge in [-0.05, 0) is 49.4 Å². The standard InChI is InChI=1S/C25H31N3O3/c1-4-27-15-13-25(14-16-27)28-22(20-7-6-8-23(29-3)24(20)31-25)17-21(26-28)18-9-11-19(12-10-18)30-5-2/h6-12,22H,4-5,13-17H2,1-3H3/t22-/m1/s1. The maximum Gasteiger partial charge on any atom is 0.200 e. The van der Waals surface area contributed by atoms with Gasteiger partial charge in [-0.1, -0.05) is 19.1 Å². The van der Waals surface area contributed by atoms with E-state index >= 15 is 0 Å². The fraction of sp³-hybridized carbons (Fsp3) is 0.480. The lowest BCUT2D eigenvalue weighted by Crippen LogP contribution is -2.59. The third kappa shape index (κ3) is 3.43. The molecular formula is C25H31N3O3. The number of likely N-dealkylation sites (tertiary alicyclic amines) is 1. The summed E-state index contributed by atoms with van der Waals surface area (Å²) in [5, 5.41) is 7.42. The molecule has 3 aliphatic heterocycles. The number of ether oxygens (including phenoxy) is 3. The highest BCUT2D eigenvalue weighted by molar-refractivity contribution is 6.02. The quantitative estimate of drug-likeness (QED) is 0.714. The summed E-state index contributed by atoms with van der Waals surface area (Å²) < 4.78 is 18.1. The van der Waals surface area contributed by atoms with E-state index in [9.17, 15) is 0 Å². The van der Waals surface area contributed by atoms with E-state index in [2.05, 4.69) is 35.0 Å². The molecule has 0 radical (unpaired) electrons. The van der Waals surface area contributed by atoms with Gasteiger partial charge in [0, 0.05) is 37.9 Å². The van der Waals surface area contributed by atoms with Gasteiger partial charge in [-0.3, -0.25) is 0 Å². The molecule has 164 valence electrons. The minimum atomic E-state index is -0.426. The number of hydrogen-bond acceptors (Lipinski definition) is 6. The molecule has 2 aromatic carbocycles. The molecule has 0 bridgehead atoms. The predicted molar refractivity (Wildman–Crippen MR) is 121 cm³/mol. The van der Waals surface area contributed by atoms with E-state index in [1.54, 1.807) is 7.11 Å². The molecule has 6 nitrogen and oxygen atoms in total. The van der Waals surface area contributed by atoms with Crippen LogP contribution in [0.3, 0.4) is 0 Å². The molecule has 1 fully saturated rings. The molecule has 31 heavy (non-hydrogen) atoms. The van der Waals surface area contributed by atoms with Gasteiger partial charge in [0.1, 0.15) is 5.75 Å². The van der Waals surface area contributed by atoms with Gasteiger partial charge in [-0.2, -0.15) is 5.10 Å². The molecular weight excluding hydrogens is 390 g/mol. The lowest BCUT2D eigenvalue weighted by Gasteiger charge is -2.51. The lowest BCUT2D eigenvalue weighted by molar-refractivity contribution is -0.150. The topological polar surface area (TPSA) is 46.5 Å². The molecule has 3 heterocycles. The highest BCUT2D eigenvalue weighted by atomic mass is 16.5. The maximum absolute atomic E-state index is 6.77. The van der Waals surface area contributed by atoms with Crippen LogP contribution in [0.5, 0.6) is 17.2 Å². The van der Waals surface area contributed by atoms with E-state index in [0.717, 1.165) is 73.0 Å². The minimum absolute atomic E-state index is 0.161. The molecule has 0 saturated carbocycles. The predicted octanol–water partition coefficient (Wildman–Crippen LogP) is 4.45. The van der Waals surface area contributed by atoms with Crippen molar-refractivity contribution in [1.82, 2.24) is 9.91 Å². The molecule has 0 unspecified atom stereocenters. The van der Waals surface area contributed by atoms with Gasteiger partial charge in [0.05, 0.1) is 25.5 Å². The van der Waals surface area contributed by atoms with Crippen molar-refractivity contribution in [2.45, 2.75) is 44.9 Å². The van der Waals surface area contributed by atoms with Gasteiger partial charge in [-0.25, -0.2) is 5.01 Å². The highest BCUT2D eigenvalue weighted by Gasteiger charge is 2.52. The Morgan fingerprint density at radius 2 is 1.87 bits per heavy atom. The van der Waals surface area contributed by atoms with E-state index in [1.807, 2.05) is 31.2 Å². The van der Waals surface area contributed by atoms with Crippen LogP contribution in [0, 0.1) is 0 Å². The van der Waals surface area contributed by atoms with Crippen molar-refractivity contribution in [2.75, 3.05) is 33.4 Å². The van der Waals surface area contributed by atoms with Crippen LogP contribution < -0.4 is 14.2 Å². The second-order valence-electron chi connectivity index (χ2n) is 8.43. The van der Waals surface area contributed by atoms with Gasteiger partial charge >= 0.3 is 0 Å². The average Bonchev–Trinajstić information content (AvgIpc) is 3.27. The summed E-state index contributed by atoms with van der Waals surface area (Å²) in [6.45, 7) is 7.99. The smallest absolute Gasteiger partial charge is 0.200 e. The third-order valence-corrected chi connectivity index (χ3v) is 6.79. The zero-order valence-electron chi connectivity index (χ0n) is 18.6. The monoisotopic (exact) mass is 421 g/mol. The Hall–Kier alpha value is -2.73. The summed E-state index contributed by atoms with van der Waals surface area (Å²) in [5.41, 5.74) is 2.98. The Balaban J connectivity index is 1.53. The Labute approximate surface area is 184 Å². The van der Waals surface area contributed by atoms with Crippen LogP contribution >= 0.6 is 0 Å². The van der Waals surface area contributed by atoms with Crippen LogP contribution in [0.2, 0.25) is 0 Å². The molecule has 1 saturated heterocycles. The molecule has 0 amide bonds. The van der Waals surface area contributed by atoms with Gasteiger partial charge in [0.25, 0.3) is 0 Å². The first-order chi connectivity index (χ1) is 15.2. The first-order valence-corrected chi connectivity index (χ1v) is 11.4.